The molecule has 0 spiro atoms. The van der Waals surface area contributed by atoms with Crippen LogP contribution in [0.15, 0.2) is 12.7 Å². The fourth-order valence-corrected chi connectivity index (χ4v) is 7.17. The van der Waals surface area contributed by atoms with Gasteiger partial charge in [0.1, 0.15) is 32.6 Å². The summed E-state index contributed by atoms with van der Waals surface area (Å²) >= 11 is 15.7. The highest BCUT2D eigenvalue weighted by molar-refractivity contribution is 7.19. The molecule has 4 aromatic rings. The molecule has 0 unspecified atom stereocenters. The SMILES string of the molecule is Clc1ncnc2sc3c(c12)CCCC3.Clc1ncnc2sc3c(c12)CCCC3. The Morgan fingerprint density at radius 2 is 1.04 bits per heavy atom. The molecule has 0 saturated carbocycles. The molecule has 28 heavy (non-hydrogen) atoms. The van der Waals surface area contributed by atoms with E-state index in [9.17, 15) is 0 Å². The monoisotopic (exact) mass is 448 g/mol. The highest BCUT2D eigenvalue weighted by atomic mass is 35.5. The number of hydrogen-bond acceptors (Lipinski definition) is 6. The molecular formula is C20H18Cl2N4S2. The van der Waals surface area contributed by atoms with Crippen molar-refractivity contribution in [2.45, 2.75) is 51.4 Å². The molecule has 2 aliphatic rings. The third kappa shape index (κ3) is 3.30. The lowest BCUT2D eigenvalue weighted by atomic mass is 9.97. The molecule has 144 valence electrons. The van der Waals surface area contributed by atoms with E-state index in [2.05, 4.69) is 19.9 Å². The number of halogens is 2. The number of fused-ring (bicyclic) bond motifs is 6. The van der Waals surface area contributed by atoms with Crippen molar-refractivity contribution in [3.05, 3.63) is 43.8 Å². The maximum Gasteiger partial charge on any atom is 0.141 e. The van der Waals surface area contributed by atoms with Gasteiger partial charge in [0.15, 0.2) is 0 Å². The lowest BCUT2D eigenvalue weighted by Gasteiger charge is -2.10. The Morgan fingerprint density at radius 3 is 1.50 bits per heavy atom. The van der Waals surface area contributed by atoms with Gasteiger partial charge in [-0.2, -0.15) is 0 Å². The summed E-state index contributed by atoms with van der Waals surface area (Å²) in [7, 11) is 0. The first-order chi connectivity index (χ1) is 13.7. The number of aryl methyl sites for hydroxylation is 4. The van der Waals surface area contributed by atoms with E-state index in [0.717, 1.165) is 33.3 Å². The summed E-state index contributed by atoms with van der Waals surface area (Å²) < 4.78 is 0. The molecule has 4 aromatic heterocycles. The Kier molecular flexibility index (Phi) is 5.22. The van der Waals surface area contributed by atoms with Crippen LogP contribution < -0.4 is 0 Å². The second kappa shape index (κ2) is 7.82. The molecule has 4 heterocycles. The van der Waals surface area contributed by atoms with Gasteiger partial charge in [-0.3, -0.25) is 0 Å². The Bertz CT molecular complexity index is 1080. The maximum absolute atomic E-state index is 6.09. The molecule has 8 heteroatoms. The molecule has 2 aliphatic carbocycles. The number of hydrogen-bond donors (Lipinski definition) is 0. The zero-order chi connectivity index (χ0) is 19.1. The fourth-order valence-electron chi connectivity index (χ4n) is 4.10. The van der Waals surface area contributed by atoms with E-state index in [0.29, 0.717) is 10.3 Å². The first kappa shape index (κ1) is 18.7. The quantitative estimate of drug-likeness (QED) is 0.290. The van der Waals surface area contributed by atoms with Crippen LogP contribution in [0, 0.1) is 0 Å². The minimum atomic E-state index is 0.620. The molecular weight excluding hydrogens is 431 g/mol. The highest BCUT2D eigenvalue weighted by Gasteiger charge is 2.19. The van der Waals surface area contributed by atoms with E-state index in [-0.39, 0.29) is 0 Å². The van der Waals surface area contributed by atoms with Crippen LogP contribution in [0.4, 0.5) is 0 Å². The van der Waals surface area contributed by atoms with E-state index in [1.54, 1.807) is 35.3 Å². The van der Waals surface area contributed by atoms with Crippen molar-refractivity contribution < 1.29 is 0 Å². The van der Waals surface area contributed by atoms with E-state index >= 15 is 0 Å². The van der Waals surface area contributed by atoms with Crippen LogP contribution in [0.5, 0.6) is 0 Å². The van der Waals surface area contributed by atoms with Gasteiger partial charge >= 0.3 is 0 Å². The van der Waals surface area contributed by atoms with Crippen LogP contribution in [0.25, 0.3) is 20.4 Å². The summed E-state index contributed by atoms with van der Waals surface area (Å²) in [5.41, 5.74) is 2.81. The van der Waals surface area contributed by atoms with Gasteiger partial charge in [0.05, 0.1) is 10.8 Å². The average molecular weight is 449 g/mol. The molecule has 0 fully saturated rings. The van der Waals surface area contributed by atoms with E-state index in [1.165, 1.54) is 59.4 Å². The molecule has 0 amide bonds. The third-order valence-corrected chi connectivity index (χ3v) is 8.38. The van der Waals surface area contributed by atoms with Crippen LogP contribution in [-0.2, 0) is 25.7 Å². The molecule has 0 N–H and O–H groups in total. The Hall–Kier alpha value is -1.34. The molecule has 6 rings (SSSR count). The first-order valence-electron chi connectivity index (χ1n) is 9.54. The topological polar surface area (TPSA) is 51.6 Å². The summed E-state index contributed by atoms with van der Waals surface area (Å²) in [5.74, 6) is 0. The van der Waals surface area contributed by atoms with E-state index < -0.39 is 0 Å². The van der Waals surface area contributed by atoms with Gasteiger partial charge in [0, 0.05) is 9.75 Å². The van der Waals surface area contributed by atoms with Gasteiger partial charge in [-0.1, -0.05) is 23.2 Å². The lowest BCUT2D eigenvalue weighted by Crippen LogP contribution is -1.98. The minimum Gasteiger partial charge on any atom is -0.225 e. The van der Waals surface area contributed by atoms with Crippen molar-refractivity contribution in [3.8, 4) is 0 Å². The van der Waals surface area contributed by atoms with Gasteiger partial charge in [-0.05, 0) is 62.5 Å². The third-order valence-electron chi connectivity index (χ3n) is 5.41. The molecule has 0 bridgehead atoms. The van der Waals surface area contributed by atoms with Gasteiger partial charge in [0.25, 0.3) is 0 Å². The van der Waals surface area contributed by atoms with Crippen LogP contribution >= 0.6 is 45.9 Å². The molecule has 0 saturated heterocycles. The van der Waals surface area contributed by atoms with Crippen molar-refractivity contribution in [3.63, 3.8) is 0 Å². The first-order valence-corrected chi connectivity index (χ1v) is 11.9. The number of nitrogens with zero attached hydrogens (tertiary/aromatic N) is 4. The van der Waals surface area contributed by atoms with Crippen molar-refractivity contribution in [1.29, 1.82) is 0 Å². The van der Waals surface area contributed by atoms with Crippen LogP contribution in [-0.4, -0.2) is 19.9 Å². The van der Waals surface area contributed by atoms with Crippen LogP contribution in [0.1, 0.15) is 46.6 Å². The van der Waals surface area contributed by atoms with Gasteiger partial charge in [-0.25, -0.2) is 19.9 Å². The smallest absolute Gasteiger partial charge is 0.141 e. The highest BCUT2D eigenvalue weighted by Crippen LogP contribution is 2.38. The maximum atomic E-state index is 6.09. The molecule has 0 aliphatic heterocycles. The summed E-state index contributed by atoms with van der Waals surface area (Å²) in [6, 6.07) is 0. The van der Waals surface area contributed by atoms with Crippen LogP contribution in [0.3, 0.4) is 0 Å². The number of rotatable bonds is 0. The Labute approximate surface area is 181 Å². The number of thiophene rings is 2. The number of aromatic nitrogens is 4. The fraction of sp³-hybridized carbons (Fsp3) is 0.400. The summed E-state index contributed by atoms with van der Waals surface area (Å²) in [4.78, 5) is 21.7. The normalized spacial score (nSPS) is 15.8. The van der Waals surface area contributed by atoms with Crippen molar-refractivity contribution >= 4 is 66.3 Å². The van der Waals surface area contributed by atoms with Crippen LogP contribution in [0.2, 0.25) is 10.3 Å². The minimum absolute atomic E-state index is 0.620. The van der Waals surface area contributed by atoms with Gasteiger partial charge in [-0.15, -0.1) is 22.7 Å². The van der Waals surface area contributed by atoms with Gasteiger partial charge in [0.2, 0.25) is 0 Å². The van der Waals surface area contributed by atoms with Crippen molar-refractivity contribution in [1.82, 2.24) is 19.9 Å². The summed E-state index contributed by atoms with van der Waals surface area (Å²) in [6.07, 6.45) is 12.9. The second-order valence-electron chi connectivity index (χ2n) is 7.11. The molecule has 0 atom stereocenters. The predicted molar refractivity (Wildman–Crippen MR) is 118 cm³/mol. The summed E-state index contributed by atoms with van der Waals surface area (Å²) in [5, 5.41) is 3.45. The average Bonchev–Trinajstić information content (AvgIpc) is 3.28. The van der Waals surface area contributed by atoms with Gasteiger partial charge < -0.3 is 0 Å². The Morgan fingerprint density at radius 1 is 0.607 bits per heavy atom. The standard InChI is InChI=1S/2C10H9ClN2S/c2*11-9-8-6-3-1-2-4-7(6)14-10(8)13-5-12-9/h2*5H,1-4H2. The lowest BCUT2D eigenvalue weighted by molar-refractivity contribution is 0.700. The van der Waals surface area contributed by atoms with E-state index in [4.69, 9.17) is 23.2 Å². The zero-order valence-electron chi connectivity index (χ0n) is 15.2. The van der Waals surface area contributed by atoms with E-state index in [1.807, 2.05) is 0 Å². The largest absolute Gasteiger partial charge is 0.225 e. The van der Waals surface area contributed by atoms with Crippen molar-refractivity contribution in [2.24, 2.45) is 0 Å². The molecule has 0 aromatic carbocycles. The predicted octanol–water partition coefficient (Wildman–Crippen LogP) is 6.45. The molecule has 0 radical (unpaired) electrons. The Balaban J connectivity index is 0.000000122. The molecule has 4 nitrogen and oxygen atoms in total. The zero-order valence-corrected chi connectivity index (χ0v) is 18.3. The van der Waals surface area contributed by atoms with Crippen molar-refractivity contribution in [2.75, 3.05) is 0 Å². The summed E-state index contributed by atoms with van der Waals surface area (Å²) in [6.45, 7) is 0. The second-order valence-corrected chi connectivity index (χ2v) is 9.99.